The summed E-state index contributed by atoms with van der Waals surface area (Å²) in [5.41, 5.74) is 2.09. The Kier molecular flexibility index (Phi) is 3.18. The van der Waals surface area contributed by atoms with Gasteiger partial charge >= 0.3 is 0 Å². The van der Waals surface area contributed by atoms with Crippen LogP contribution in [0.5, 0.6) is 5.75 Å². The number of nitrogens with zero attached hydrogens (tertiary/aromatic N) is 2. The van der Waals surface area contributed by atoms with E-state index in [0.29, 0.717) is 18.3 Å². The van der Waals surface area contributed by atoms with Crippen molar-refractivity contribution in [2.45, 2.75) is 32.3 Å². The monoisotopic (exact) mass is 295 g/mol. The van der Waals surface area contributed by atoms with Gasteiger partial charge in [0, 0.05) is 5.92 Å². The lowest BCUT2D eigenvalue weighted by molar-refractivity contribution is 0.271. The summed E-state index contributed by atoms with van der Waals surface area (Å²) in [6, 6.07) is 9.84. The van der Waals surface area contributed by atoms with Crippen molar-refractivity contribution in [2.24, 2.45) is 0 Å². The number of hydrogen-bond acceptors (Lipinski definition) is 4. The summed E-state index contributed by atoms with van der Waals surface area (Å²) in [5.74, 6) is 3.77. The Hall–Kier alpha value is -2.56. The Balaban J connectivity index is 1.50. The lowest BCUT2D eigenvalue weighted by Crippen LogP contribution is -1.96. The van der Waals surface area contributed by atoms with Crippen LogP contribution >= 0.6 is 0 Å². The molecule has 5 nitrogen and oxygen atoms in total. The zero-order valence-corrected chi connectivity index (χ0v) is 12.4. The van der Waals surface area contributed by atoms with Crippen molar-refractivity contribution in [3.05, 3.63) is 53.7 Å². The zero-order chi connectivity index (χ0) is 14.9. The fourth-order valence-corrected chi connectivity index (χ4v) is 2.37. The Morgan fingerprint density at radius 1 is 1.23 bits per heavy atom. The Morgan fingerprint density at radius 3 is 2.82 bits per heavy atom. The second-order valence-corrected chi connectivity index (χ2v) is 5.68. The van der Waals surface area contributed by atoms with E-state index in [-0.39, 0.29) is 0 Å². The topological polar surface area (TPSA) is 63.9 Å². The standard InChI is InChI=1S/C17H17N3O2/c1-11-2-6-13(7-3-11)22-10-15-14(8-9-21-15)17-18-16(19-20-17)12-4-5-12/h2-3,6-9,12H,4-5,10H2,1H3,(H,18,19,20). The molecule has 0 bridgehead atoms. The van der Waals surface area contributed by atoms with E-state index < -0.39 is 0 Å². The fourth-order valence-electron chi connectivity index (χ4n) is 2.37. The molecule has 0 radical (unpaired) electrons. The number of aryl methyl sites for hydroxylation is 1. The van der Waals surface area contributed by atoms with E-state index in [2.05, 4.69) is 22.1 Å². The van der Waals surface area contributed by atoms with Gasteiger partial charge in [0.1, 0.15) is 18.2 Å². The quantitative estimate of drug-likeness (QED) is 0.777. The summed E-state index contributed by atoms with van der Waals surface area (Å²) < 4.78 is 11.3. The number of H-pyrrole nitrogens is 1. The van der Waals surface area contributed by atoms with Crippen LogP contribution in [-0.2, 0) is 6.61 Å². The Labute approximate surface area is 128 Å². The lowest BCUT2D eigenvalue weighted by atomic mass is 10.2. The van der Waals surface area contributed by atoms with Crippen LogP contribution in [0.1, 0.15) is 35.9 Å². The number of furan rings is 1. The molecule has 112 valence electrons. The van der Waals surface area contributed by atoms with Gasteiger partial charge in [-0.25, -0.2) is 4.98 Å². The van der Waals surface area contributed by atoms with Crippen LogP contribution in [0.15, 0.2) is 41.0 Å². The van der Waals surface area contributed by atoms with Crippen molar-refractivity contribution in [3.63, 3.8) is 0 Å². The van der Waals surface area contributed by atoms with Crippen LogP contribution in [0, 0.1) is 6.92 Å². The summed E-state index contributed by atoms with van der Waals surface area (Å²) in [5, 5.41) is 7.32. The molecule has 1 fully saturated rings. The van der Waals surface area contributed by atoms with E-state index >= 15 is 0 Å². The minimum atomic E-state index is 0.360. The molecule has 0 unspecified atom stereocenters. The van der Waals surface area contributed by atoms with E-state index in [1.807, 2.05) is 30.3 Å². The molecule has 1 N–H and O–H groups in total. The first-order valence-electron chi connectivity index (χ1n) is 7.48. The molecule has 1 aliphatic rings. The molecule has 5 heteroatoms. The molecule has 0 spiro atoms. The van der Waals surface area contributed by atoms with Crippen molar-refractivity contribution >= 4 is 0 Å². The first kappa shape index (κ1) is 13.1. The summed E-state index contributed by atoms with van der Waals surface area (Å²) in [7, 11) is 0. The highest BCUT2D eigenvalue weighted by atomic mass is 16.5. The van der Waals surface area contributed by atoms with Gasteiger partial charge in [-0.1, -0.05) is 17.7 Å². The number of nitrogens with one attached hydrogen (secondary N) is 1. The minimum absolute atomic E-state index is 0.360. The minimum Gasteiger partial charge on any atom is -0.486 e. The Bertz CT molecular complexity index is 769. The van der Waals surface area contributed by atoms with Crippen LogP contribution in [-0.4, -0.2) is 15.2 Å². The normalized spacial score (nSPS) is 14.2. The van der Waals surface area contributed by atoms with E-state index in [9.17, 15) is 0 Å². The Morgan fingerprint density at radius 2 is 2.05 bits per heavy atom. The van der Waals surface area contributed by atoms with Crippen molar-refractivity contribution in [1.29, 1.82) is 0 Å². The number of benzene rings is 1. The summed E-state index contributed by atoms with van der Waals surface area (Å²) in [6.45, 7) is 2.41. The molecule has 0 saturated heterocycles. The predicted molar refractivity (Wildman–Crippen MR) is 81.6 cm³/mol. The van der Waals surface area contributed by atoms with Crippen molar-refractivity contribution < 1.29 is 9.15 Å². The molecule has 0 aliphatic heterocycles. The van der Waals surface area contributed by atoms with Gasteiger partial charge in [0.25, 0.3) is 0 Å². The molecule has 1 aromatic carbocycles. The smallest absolute Gasteiger partial charge is 0.184 e. The van der Waals surface area contributed by atoms with Gasteiger partial charge in [0.05, 0.1) is 11.8 Å². The summed E-state index contributed by atoms with van der Waals surface area (Å²) in [6.07, 6.45) is 4.04. The van der Waals surface area contributed by atoms with Crippen molar-refractivity contribution in [2.75, 3.05) is 0 Å². The number of hydrogen-bond donors (Lipinski definition) is 1. The maximum absolute atomic E-state index is 5.77. The fraction of sp³-hybridized carbons (Fsp3) is 0.294. The third kappa shape index (κ3) is 2.62. The molecule has 1 aliphatic carbocycles. The van der Waals surface area contributed by atoms with E-state index in [4.69, 9.17) is 9.15 Å². The molecule has 1 saturated carbocycles. The summed E-state index contributed by atoms with van der Waals surface area (Å²) >= 11 is 0. The maximum Gasteiger partial charge on any atom is 0.184 e. The lowest BCUT2D eigenvalue weighted by Gasteiger charge is -2.05. The molecular weight excluding hydrogens is 278 g/mol. The number of rotatable bonds is 5. The summed E-state index contributed by atoms with van der Waals surface area (Å²) in [4.78, 5) is 4.56. The van der Waals surface area contributed by atoms with E-state index in [1.165, 1.54) is 18.4 Å². The third-order valence-corrected chi connectivity index (χ3v) is 3.84. The first-order valence-corrected chi connectivity index (χ1v) is 7.48. The van der Waals surface area contributed by atoms with Crippen LogP contribution in [0.4, 0.5) is 0 Å². The van der Waals surface area contributed by atoms with Gasteiger partial charge in [-0.05, 0) is 38.0 Å². The average Bonchev–Trinajstić information content (AvgIpc) is 3.09. The number of aromatic amines is 1. The van der Waals surface area contributed by atoms with E-state index in [0.717, 1.165) is 22.9 Å². The maximum atomic E-state index is 5.77. The number of aromatic nitrogens is 3. The molecule has 0 atom stereocenters. The van der Waals surface area contributed by atoms with Crippen LogP contribution < -0.4 is 4.74 Å². The van der Waals surface area contributed by atoms with Gasteiger partial charge in [-0.2, -0.15) is 5.10 Å². The highest BCUT2D eigenvalue weighted by Crippen LogP contribution is 2.38. The molecule has 22 heavy (non-hydrogen) atoms. The van der Waals surface area contributed by atoms with Crippen LogP contribution in [0.2, 0.25) is 0 Å². The SMILES string of the molecule is Cc1ccc(OCc2occc2-c2n[nH]c(C3CC3)n2)cc1. The van der Waals surface area contributed by atoms with Crippen molar-refractivity contribution in [3.8, 4) is 17.1 Å². The van der Waals surface area contributed by atoms with Gasteiger partial charge < -0.3 is 9.15 Å². The molecule has 0 amide bonds. The zero-order valence-electron chi connectivity index (χ0n) is 12.4. The second-order valence-electron chi connectivity index (χ2n) is 5.68. The van der Waals surface area contributed by atoms with Gasteiger partial charge in [0.15, 0.2) is 11.6 Å². The first-order chi connectivity index (χ1) is 10.8. The third-order valence-electron chi connectivity index (χ3n) is 3.84. The van der Waals surface area contributed by atoms with Crippen LogP contribution in [0.25, 0.3) is 11.4 Å². The predicted octanol–water partition coefficient (Wildman–Crippen LogP) is 3.83. The molecule has 2 aromatic heterocycles. The molecule has 2 heterocycles. The molecular formula is C17H17N3O2. The van der Waals surface area contributed by atoms with Crippen LogP contribution in [0.3, 0.4) is 0 Å². The highest BCUT2D eigenvalue weighted by Gasteiger charge is 2.27. The van der Waals surface area contributed by atoms with Gasteiger partial charge in [0.2, 0.25) is 0 Å². The highest BCUT2D eigenvalue weighted by molar-refractivity contribution is 5.57. The van der Waals surface area contributed by atoms with E-state index in [1.54, 1.807) is 6.26 Å². The number of ether oxygens (including phenoxy) is 1. The molecule has 4 rings (SSSR count). The largest absolute Gasteiger partial charge is 0.486 e. The molecule has 3 aromatic rings. The van der Waals surface area contributed by atoms with Gasteiger partial charge in [-0.15, -0.1) is 0 Å². The second kappa shape index (κ2) is 5.33. The van der Waals surface area contributed by atoms with Crippen molar-refractivity contribution in [1.82, 2.24) is 15.2 Å². The average molecular weight is 295 g/mol. The van der Waals surface area contributed by atoms with Gasteiger partial charge in [-0.3, -0.25) is 5.10 Å².